The van der Waals surface area contributed by atoms with Crippen LogP contribution < -0.4 is 16.4 Å². The molecule has 1 aliphatic heterocycles. The highest BCUT2D eigenvalue weighted by Gasteiger charge is 2.47. The van der Waals surface area contributed by atoms with Crippen molar-refractivity contribution in [2.45, 2.75) is 102 Å². The summed E-state index contributed by atoms with van der Waals surface area (Å²) in [5, 5.41) is 13.8. The predicted octanol–water partition coefficient (Wildman–Crippen LogP) is 3.65. The maximum atomic E-state index is 14.0. The largest absolute Gasteiger partial charge is 0.450 e. The van der Waals surface area contributed by atoms with Crippen molar-refractivity contribution in [3.05, 3.63) is 0 Å². The molecule has 1 saturated heterocycles. The third-order valence-electron chi connectivity index (χ3n) is 7.23. The number of ether oxygens (including phenoxy) is 1. The van der Waals surface area contributed by atoms with Crippen LogP contribution >= 0.6 is 11.8 Å². The van der Waals surface area contributed by atoms with E-state index in [-0.39, 0.29) is 36.7 Å². The lowest BCUT2D eigenvalue weighted by Gasteiger charge is -2.37. The fourth-order valence-corrected chi connectivity index (χ4v) is 6.21. The van der Waals surface area contributed by atoms with Gasteiger partial charge in [-0.3, -0.25) is 15.0 Å². The normalized spacial score (nSPS) is 21.6. The third-order valence-corrected chi connectivity index (χ3v) is 8.70. The average molecular weight is 526 g/mol. The minimum Gasteiger partial charge on any atom is -0.450 e. The molecule has 1 heterocycles. The highest BCUT2D eigenvalue weighted by atomic mass is 32.2. The standard InChI is InChI=1S/C26H47N5O4S/c1-5-7-14-36-26(3,4)21(30-25(34)35-13-6-2)24(33)31-17-19(22(27)28)15-20(31)23(32)29-16-18-11-9-8-10-12-18/h18-21H,5-17H2,1-4H3,(H3,27,28)(H,29,32)(H,30,34)/t19-,20+,21+/m1/s1. The Morgan fingerprint density at radius 1 is 1.17 bits per heavy atom. The van der Waals surface area contributed by atoms with Gasteiger partial charge >= 0.3 is 6.09 Å². The number of nitrogens with one attached hydrogen (secondary N) is 3. The van der Waals surface area contributed by atoms with Gasteiger partial charge in [0.15, 0.2) is 0 Å². The molecule has 1 saturated carbocycles. The molecule has 206 valence electrons. The molecule has 0 spiro atoms. The second kappa shape index (κ2) is 14.7. The summed E-state index contributed by atoms with van der Waals surface area (Å²) in [5.41, 5.74) is 5.81. The van der Waals surface area contributed by atoms with E-state index in [1.165, 1.54) is 24.2 Å². The smallest absolute Gasteiger partial charge is 0.407 e. The second-order valence-corrected chi connectivity index (χ2v) is 12.4. The van der Waals surface area contributed by atoms with Gasteiger partial charge in [0.1, 0.15) is 12.1 Å². The number of amidine groups is 1. The molecule has 9 nitrogen and oxygen atoms in total. The van der Waals surface area contributed by atoms with Crippen molar-refractivity contribution >= 4 is 35.5 Å². The zero-order valence-corrected chi connectivity index (χ0v) is 23.4. The summed E-state index contributed by atoms with van der Waals surface area (Å²) in [6.45, 7) is 8.94. The molecule has 10 heteroatoms. The number of carbonyl (C=O) groups is 3. The van der Waals surface area contributed by atoms with E-state index in [0.29, 0.717) is 25.3 Å². The maximum Gasteiger partial charge on any atom is 0.407 e. The summed E-state index contributed by atoms with van der Waals surface area (Å²) in [6, 6.07) is -1.61. The fraction of sp³-hybridized carbons (Fsp3) is 0.846. The van der Waals surface area contributed by atoms with Crippen molar-refractivity contribution < 1.29 is 19.1 Å². The van der Waals surface area contributed by atoms with Crippen molar-refractivity contribution in [2.75, 3.05) is 25.4 Å². The summed E-state index contributed by atoms with van der Waals surface area (Å²) >= 11 is 1.62. The van der Waals surface area contributed by atoms with Gasteiger partial charge in [0, 0.05) is 23.8 Å². The fourth-order valence-electron chi connectivity index (χ4n) is 4.92. The van der Waals surface area contributed by atoms with E-state index >= 15 is 0 Å². The Balaban J connectivity index is 2.21. The molecule has 36 heavy (non-hydrogen) atoms. The van der Waals surface area contributed by atoms with Gasteiger partial charge in [-0.05, 0) is 57.6 Å². The minimum absolute atomic E-state index is 0.0289. The summed E-state index contributed by atoms with van der Waals surface area (Å²) < 4.78 is 4.60. The molecular formula is C26H47N5O4S. The van der Waals surface area contributed by atoms with E-state index in [1.54, 1.807) is 11.8 Å². The third kappa shape index (κ3) is 8.85. The molecule has 3 atom stereocenters. The summed E-state index contributed by atoms with van der Waals surface area (Å²) in [4.78, 5) is 41.3. The average Bonchev–Trinajstić information content (AvgIpc) is 3.31. The Bertz CT molecular complexity index is 757. The second-order valence-electron chi connectivity index (χ2n) is 10.7. The number of hydrogen-bond donors (Lipinski definition) is 4. The lowest BCUT2D eigenvalue weighted by Crippen LogP contribution is -2.60. The van der Waals surface area contributed by atoms with Gasteiger partial charge in [0.2, 0.25) is 11.8 Å². The minimum atomic E-state index is -0.886. The van der Waals surface area contributed by atoms with Crippen LogP contribution in [0.4, 0.5) is 4.79 Å². The molecule has 5 N–H and O–H groups in total. The molecule has 0 bridgehead atoms. The molecule has 2 rings (SSSR count). The Morgan fingerprint density at radius 3 is 2.47 bits per heavy atom. The van der Waals surface area contributed by atoms with Gasteiger partial charge in [-0.1, -0.05) is 39.5 Å². The van der Waals surface area contributed by atoms with Crippen LogP contribution in [0.25, 0.3) is 0 Å². The monoisotopic (exact) mass is 525 g/mol. The molecule has 1 aliphatic carbocycles. The van der Waals surface area contributed by atoms with Crippen molar-refractivity contribution in [1.82, 2.24) is 15.5 Å². The summed E-state index contributed by atoms with van der Waals surface area (Å²) in [6.07, 6.45) is 8.22. The maximum absolute atomic E-state index is 14.0. The number of thioether (sulfide) groups is 1. The molecule has 0 radical (unpaired) electrons. The Morgan fingerprint density at radius 2 is 1.86 bits per heavy atom. The van der Waals surface area contributed by atoms with Crippen LogP contribution in [0.3, 0.4) is 0 Å². The number of likely N-dealkylation sites (tertiary alicyclic amines) is 1. The van der Waals surface area contributed by atoms with E-state index in [2.05, 4.69) is 17.6 Å². The van der Waals surface area contributed by atoms with Crippen LogP contribution in [0, 0.1) is 17.2 Å². The van der Waals surface area contributed by atoms with E-state index in [1.807, 2.05) is 20.8 Å². The predicted molar refractivity (Wildman–Crippen MR) is 145 cm³/mol. The Hall–Kier alpha value is -1.97. The van der Waals surface area contributed by atoms with Gasteiger partial charge < -0.3 is 26.0 Å². The molecule has 3 amide bonds. The topological polar surface area (TPSA) is 138 Å². The molecule has 0 unspecified atom stereocenters. The van der Waals surface area contributed by atoms with E-state index in [0.717, 1.165) is 31.4 Å². The van der Waals surface area contributed by atoms with Crippen LogP contribution in [0.15, 0.2) is 0 Å². The van der Waals surface area contributed by atoms with Crippen LogP contribution in [0.2, 0.25) is 0 Å². The van der Waals surface area contributed by atoms with Gasteiger partial charge in [-0.2, -0.15) is 11.8 Å². The molecule has 0 aromatic carbocycles. The number of nitrogens with zero attached hydrogens (tertiary/aromatic N) is 1. The lowest BCUT2D eigenvalue weighted by atomic mass is 9.89. The number of alkyl carbamates (subject to hydrolysis) is 1. The zero-order valence-electron chi connectivity index (χ0n) is 22.6. The number of hydrogen-bond acceptors (Lipinski definition) is 6. The van der Waals surface area contributed by atoms with Gasteiger partial charge in [-0.15, -0.1) is 0 Å². The Labute approximate surface area is 220 Å². The summed E-state index contributed by atoms with van der Waals surface area (Å²) in [5.74, 6) is 0.357. The lowest BCUT2D eigenvalue weighted by molar-refractivity contribution is -0.140. The van der Waals surface area contributed by atoms with Gasteiger partial charge in [0.25, 0.3) is 0 Å². The van der Waals surface area contributed by atoms with E-state index in [9.17, 15) is 14.4 Å². The molecule has 2 fully saturated rings. The highest BCUT2D eigenvalue weighted by Crippen LogP contribution is 2.33. The number of amides is 3. The van der Waals surface area contributed by atoms with Crippen molar-refractivity contribution in [1.29, 1.82) is 5.41 Å². The van der Waals surface area contributed by atoms with Crippen LogP contribution in [0.5, 0.6) is 0 Å². The quantitative estimate of drug-likeness (QED) is 0.165. The Kier molecular flexibility index (Phi) is 12.3. The van der Waals surface area contributed by atoms with Crippen molar-refractivity contribution in [2.24, 2.45) is 17.6 Å². The van der Waals surface area contributed by atoms with Crippen molar-refractivity contribution in [3.8, 4) is 0 Å². The SMILES string of the molecule is CCCCSC(C)(C)[C@@H](NC(=O)OCCC)C(=O)N1C[C@H](C(=N)N)C[C@H]1C(=O)NCC1CCCCC1. The van der Waals surface area contributed by atoms with E-state index < -0.39 is 22.9 Å². The molecule has 0 aromatic rings. The van der Waals surface area contributed by atoms with Crippen LogP contribution in [-0.2, 0) is 14.3 Å². The number of carbonyl (C=O) groups excluding carboxylic acids is 3. The van der Waals surface area contributed by atoms with Crippen LogP contribution in [-0.4, -0.2) is 70.9 Å². The first-order valence-electron chi connectivity index (χ1n) is 13.6. The zero-order chi connectivity index (χ0) is 26.7. The highest BCUT2D eigenvalue weighted by molar-refractivity contribution is 8.00. The number of rotatable bonds is 13. The number of nitrogens with two attached hydrogens (primary N) is 1. The molecule has 0 aromatic heterocycles. The van der Waals surface area contributed by atoms with Gasteiger partial charge in [0.05, 0.1) is 12.4 Å². The van der Waals surface area contributed by atoms with Crippen molar-refractivity contribution in [3.63, 3.8) is 0 Å². The molecule has 2 aliphatic rings. The first kappa shape index (κ1) is 30.3. The first-order valence-corrected chi connectivity index (χ1v) is 14.6. The number of unbranched alkanes of at least 4 members (excludes halogenated alkanes) is 1. The summed E-state index contributed by atoms with van der Waals surface area (Å²) in [7, 11) is 0. The van der Waals surface area contributed by atoms with Gasteiger partial charge in [-0.25, -0.2) is 4.79 Å². The first-order chi connectivity index (χ1) is 17.1. The molecular weight excluding hydrogens is 478 g/mol. The van der Waals surface area contributed by atoms with E-state index in [4.69, 9.17) is 15.9 Å². The van der Waals surface area contributed by atoms with Crippen LogP contribution in [0.1, 0.15) is 85.5 Å².